The fourth-order valence-corrected chi connectivity index (χ4v) is 2.78. The number of halogens is 2. The maximum atomic E-state index is 14.3. The number of aryl methyl sites for hydroxylation is 1. The van der Waals surface area contributed by atoms with Crippen LogP contribution in [0.25, 0.3) is 11.1 Å². The van der Waals surface area contributed by atoms with E-state index in [4.69, 9.17) is 5.26 Å². The first-order valence-electron chi connectivity index (χ1n) is 7.81. The van der Waals surface area contributed by atoms with Crippen molar-refractivity contribution in [3.8, 4) is 28.4 Å². The molecule has 0 bridgehead atoms. The number of thiocyanates is 1. The first kappa shape index (κ1) is 17.7. The van der Waals surface area contributed by atoms with Crippen LogP contribution in [-0.2, 0) is 0 Å². The van der Waals surface area contributed by atoms with Gasteiger partial charge in [0.1, 0.15) is 17.0 Å². The fourth-order valence-electron chi connectivity index (χ4n) is 2.39. The van der Waals surface area contributed by atoms with Crippen LogP contribution in [0.2, 0.25) is 0 Å². The summed E-state index contributed by atoms with van der Waals surface area (Å²) >= 11 is 0.750. The van der Waals surface area contributed by atoms with Gasteiger partial charge in [-0.3, -0.25) is 0 Å². The Balaban J connectivity index is 1.86. The van der Waals surface area contributed by atoms with Crippen LogP contribution < -0.4 is 0 Å². The van der Waals surface area contributed by atoms with E-state index in [0.29, 0.717) is 5.56 Å². The Morgan fingerprint density at radius 2 is 1.54 bits per heavy atom. The second-order valence-corrected chi connectivity index (χ2v) is 6.48. The van der Waals surface area contributed by atoms with Gasteiger partial charge in [0.15, 0.2) is 0 Å². The lowest BCUT2D eigenvalue weighted by molar-refractivity contribution is 0.602. The standard InChI is InChI=1S/C22H13F2NS/c1-15-2-6-17(7-3-15)19-10-9-18(20(23)13-19)8-4-16-5-11-22(26-14-25)21(24)12-16/h2-3,5-7,9-13H,1H3. The van der Waals surface area contributed by atoms with Crippen LogP contribution in [0.3, 0.4) is 0 Å². The molecule has 0 heterocycles. The fraction of sp³-hybridized carbons (Fsp3) is 0.0455. The Morgan fingerprint density at radius 1 is 0.808 bits per heavy atom. The van der Waals surface area contributed by atoms with Gasteiger partial charge in [-0.25, -0.2) is 8.78 Å². The minimum Gasteiger partial charge on any atom is -0.206 e. The van der Waals surface area contributed by atoms with E-state index in [1.807, 2.05) is 42.7 Å². The molecule has 0 spiro atoms. The van der Waals surface area contributed by atoms with E-state index in [1.54, 1.807) is 12.1 Å². The van der Waals surface area contributed by atoms with Gasteiger partial charge in [0.05, 0.1) is 10.5 Å². The molecular weight excluding hydrogens is 348 g/mol. The second kappa shape index (κ2) is 7.87. The van der Waals surface area contributed by atoms with Gasteiger partial charge in [-0.2, -0.15) is 5.26 Å². The predicted octanol–water partition coefficient (Wildman–Crippen LogP) is 5.91. The number of hydrogen-bond donors (Lipinski definition) is 0. The molecule has 0 aliphatic rings. The summed E-state index contributed by atoms with van der Waals surface area (Å²) in [6.45, 7) is 2.00. The Labute approximate surface area is 155 Å². The van der Waals surface area contributed by atoms with Crippen LogP contribution in [0.5, 0.6) is 0 Å². The third-order valence-corrected chi connectivity index (χ3v) is 4.43. The van der Waals surface area contributed by atoms with Gasteiger partial charge in [-0.15, -0.1) is 0 Å². The summed E-state index contributed by atoms with van der Waals surface area (Å²) in [4.78, 5) is 0.242. The number of nitrogens with zero attached hydrogens (tertiary/aromatic N) is 1. The van der Waals surface area contributed by atoms with Crippen molar-refractivity contribution in [1.82, 2.24) is 0 Å². The van der Waals surface area contributed by atoms with Crippen molar-refractivity contribution < 1.29 is 8.78 Å². The summed E-state index contributed by atoms with van der Waals surface area (Å²) < 4.78 is 28.1. The number of thioether (sulfide) groups is 1. The topological polar surface area (TPSA) is 23.8 Å². The van der Waals surface area contributed by atoms with Crippen LogP contribution in [0, 0.1) is 41.1 Å². The Bertz CT molecular complexity index is 1050. The van der Waals surface area contributed by atoms with Gasteiger partial charge in [0, 0.05) is 5.56 Å². The van der Waals surface area contributed by atoms with Crippen LogP contribution in [0.4, 0.5) is 8.78 Å². The molecule has 0 fully saturated rings. The number of benzene rings is 3. The van der Waals surface area contributed by atoms with E-state index in [2.05, 4.69) is 11.8 Å². The van der Waals surface area contributed by atoms with Gasteiger partial charge in [0.2, 0.25) is 0 Å². The monoisotopic (exact) mass is 361 g/mol. The molecule has 4 heteroatoms. The largest absolute Gasteiger partial charge is 0.206 e. The predicted molar refractivity (Wildman–Crippen MR) is 100 cm³/mol. The molecule has 3 aromatic carbocycles. The molecule has 0 aromatic heterocycles. The van der Waals surface area contributed by atoms with Gasteiger partial charge >= 0.3 is 0 Å². The lowest BCUT2D eigenvalue weighted by Gasteiger charge is -2.04. The van der Waals surface area contributed by atoms with Crippen molar-refractivity contribution in [2.45, 2.75) is 11.8 Å². The summed E-state index contributed by atoms with van der Waals surface area (Å²) in [5.41, 5.74) is 3.52. The molecule has 3 rings (SSSR count). The van der Waals surface area contributed by atoms with E-state index < -0.39 is 11.6 Å². The van der Waals surface area contributed by atoms with Crippen molar-refractivity contribution in [3.05, 3.63) is 89.0 Å². The molecule has 0 saturated carbocycles. The van der Waals surface area contributed by atoms with Crippen LogP contribution in [0.1, 0.15) is 16.7 Å². The summed E-state index contributed by atoms with van der Waals surface area (Å²) in [6, 6.07) is 17.1. The molecule has 3 aromatic rings. The van der Waals surface area contributed by atoms with Crippen LogP contribution in [-0.4, -0.2) is 0 Å². The molecule has 1 nitrogen and oxygen atoms in total. The molecule has 0 N–H and O–H groups in total. The average Bonchev–Trinajstić information content (AvgIpc) is 2.63. The second-order valence-electron chi connectivity index (χ2n) is 5.65. The van der Waals surface area contributed by atoms with Gasteiger partial charge in [-0.1, -0.05) is 47.7 Å². The van der Waals surface area contributed by atoms with Crippen molar-refractivity contribution in [1.29, 1.82) is 5.26 Å². The Hall–Kier alpha value is -3.08. The molecule has 0 amide bonds. The summed E-state index contributed by atoms with van der Waals surface area (Å²) in [7, 11) is 0. The third kappa shape index (κ3) is 4.11. The zero-order valence-corrected chi connectivity index (χ0v) is 14.7. The van der Waals surface area contributed by atoms with E-state index >= 15 is 0 Å². The lowest BCUT2D eigenvalue weighted by atomic mass is 10.0. The van der Waals surface area contributed by atoms with Crippen molar-refractivity contribution in [3.63, 3.8) is 0 Å². The van der Waals surface area contributed by atoms with Crippen molar-refractivity contribution in [2.24, 2.45) is 0 Å². The summed E-state index contributed by atoms with van der Waals surface area (Å²) in [5, 5.41) is 10.4. The molecule has 0 aliphatic carbocycles. The quantitative estimate of drug-likeness (QED) is 0.322. The number of nitriles is 1. The summed E-state index contributed by atoms with van der Waals surface area (Å²) in [6.07, 6.45) is 0. The smallest absolute Gasteiger partial charge is 0.139 e. The molecular formula is C22H13F2NS. The molecule has 0 saturated heterocycles. The molecule has 126 valence electrons. The van der Waals surface area contributed by atoms with Crippen molar-refractivity contribution in [2.75, 3.05) is 0 Å². The van der Waals surface area contributed by atoms with Crippen molar-refractivity contribution >= 4 is 11.8 Å². The average molecular weight is 361 g/mol. The highest BCUT2D eigenvalue weighted by atomic mass is 32.2. The van der Waals surface area contributed by atoms with E-state index in [9.17, 15) is 8.78 Å². The van der Waals surface area contributed by atoms with E-state index in [0.717, 1.165) is 28.5 Å². The molecule has 26 heavy (non-hydrogen) atoms. The maximum Gasteiger partial charge on any atom is 0.139 e. The SMILES string of the molecule is Cc1ccc(-c2ccc(C#Cc3ccc(SC#N)c(F)c3)c(F)c2)cc1. The molecule has 0 aliphatic heterocycles. The summed E-state index contributed by atoms with van der Waals surface area (Å²) in [5.74, 6) is 4.55. The van der Waals surface area contributed by atoms with E-state index in [1.165, 1.54) is 18.2 Å². The minimum absolute atomic E-state index is 0.242. The zero-order valence-electron chi connectivity index (χ0n) is 13.9. The highest BCUT2D eigenvalue weighted by Crippen LogP contribution is 2.23. The van der Waals surface area contributed by atoms with E-state index in [-0.39, 0.29) is 10.5 Å². The number of hydrogen-bond acceptors (Lipinski definition) is 2. The van der Waals surface area contributed by atoms with Gasteiger partial charge in [0.25, 0.3) is 0 Å². The van der Waals surface area contributed by atoms with Crippen LogP contribution in [0.15, 0.2) is 65.6 Å². The molecule has 0 radical (unpaired) electrons. The first-order chi connectivity index (χ1) is 12.6. The Morgan fingerprint density at radius 3 is 2.19 bits per heavy atom. The first-order valence-corrected chi connectivity index (χ1v) is 8.62. The molecule has 0 atom stereocenters. The highest BCUT2D eigenvalue weighted by molar-refractivity contribution is 8.03. The molecule has 0 unspecified atom stereocenters. The lowest BCUT2D eigenvalue weighted by Crippen LogP contribution is -1.87. The third-order valence-electron chi connectivity index (χ3n) is 3.78. The number of rotatable bonds is 2. The maximum absolute atomic E-state index is 14.3. The van der Waals surface area contributed by atoms with Crippen LogP contribution >= 0.6 is 11.8 Å². The Kier molecular flexibility index (Phi) is 5.37. The minimum atomic E-state index is -0.515. The zero-order chi connectivity index (χ0) is 18.5. The highest BCUT2D eigenvalue weighted by Gasteiger charge is 2.05. The normalized spacial score (nSPS) is 9.92. The van der Waals surface area contributed by atoms with Gasteiger partial charge < -0.3 is 0 Å². The van der Waals surface area contributed by atoms with Gasteiger partial charge in [-0.05, 0) is 60.1 Å².